The summed E-state index contributed by atoms with van der Waals surface area (Å²) in [5.41, 5.74) is 1.35. The molecule has 1 aromatic carbocycles. The van der Waals surface area contributed by atoms with Gasteiger partial charge in [-0.25, -0.2) is 0 Å². The molecule has 0 heterocycles. The fourth-order valence-corrected chi connectivity index (χ4v) is 1.84. The summed E-state index contributed by atoms with van der Waals surface area (Å²) in [7, 11) is 0. The molecule has 0 saturated heterocycles. The van der Waals surface area contributed by atoms with Crippen molar-refractivity contribution in [1.29, 1.82) is 0 Å². The molecule has 3 heteroatoms. The first-order valence-corrected chi connectivity index (χ1v) is 5.97. The van der Waals surface area contributed by atoms with E-state index in [1.807, 2.05) is 0 Å². The van der Waals surface area contributed by atoms with Gasteiger partial charge in [0.05, 0.1) is 5.92 Å². The van der Waals surface area contributed by atoms with Gasteiger partial charge in [0.1, 0.15) is 6.29 Å². The molecule has 92 valence electrons. The molecular weight excluding hydrogens is 216 g/mol. The molecule has 0 aliphatic carbocycles. The predicted molar refractivity (Wildman–Crippen MR) is 66.3 cm³/mol. The molecule has 3 nitrogen and oxygen atoms in total. The molecule has 1 aromatic rings. The quantitative estimate of drug-likeness (QED) is 0.582. The van der Waals surface area contributed by atoms with E-state index in [1.165, 1.54) is 0 Å². The van der Waals surface area contributed by atoms with Crippen molar-refractivity contribution in [2.75, 3.05) is 0 Å². The highest BCUT2D eigenvalue weighted by Gasteiger charge is 2.18. The number of carboxylic acid groups (broad SMARTS) is 1. The van der Waals surface area contributed by atoms with Crippen molar-refractivity contribution in [1.82, 2.24) is 0 Å². The summed E-state index contributed by atoms with van der Waals surface area (Å²) in [6.45, 7) is 2.09. The van der Waals surface area contributed by atoms with Crippen molar-refractivity contribution in [3.63, 3.8) is 0 Å². The number of hydrogen-bond acceptors (Lipinski definition) is 2. The molecule has 0 fully saturated rings. The topological polar surface area (TPSA) is 54.4 Å². The first kappa shape index (κ1) is 13.4. The van der Waals surface area contributed by atoms with Gasteiger partial charge in [0.2, 0.25) is 0 Å². The number of aldehydes is 1. The van der Waals surface area contributed by atoms with Crippen LogP contribution in [0.2, 0.25) is 0 Å². The maximum Gasteiger partial charge on any atom is 0.310 e. The minimum atomic E-state index is -0.792. The molecule has 0 aliphatic rings. The van der Waals surface area contributed by atoms with Crippen LogP contribution in [0.5, 0.6) is 0 Å². The molecular formula is C14H18O3. The van der Waals surface area contributed by atoms with E-state index in [0.717, 1.165) is 31.1 Å². The van der Waals surface area contributed by atoms with Gasteiger partial charge in [-0.1, -0.05) is 50.5 Å². The van der Waals surface area contributed by atoms with Crippen LogP contribution in [-0.2, 0) is 4.79 Å². The monoisotopic (exact) mass is 234 g/mol. The van der Waals surface area contributed by atoms with E-state index in [0.29, 0.717) is 12.0 Å². The van der Waals surface area contributed by atoms with E-state index in [1.54, 1.807) is 24.3 Å². The lowest BCUT2D eigenvalue weighted by Gasteiger charge is -2.12. The Morgan fingerprint density at radius 3 is 2.41 bits per heavy atom. The number of unbranched alkanes of at least 4 members (excludes halogenated alkanes) is 2. The van der Waals surface area contributed by atoms with E-state index in [-0.39, 0.29) is 0 Å². The summed E-state index contributed by atoms with van der Waals surface area (Å²) in [6.07, 6.45) is 4.47. The Hall–Kier alpha value is -1.64. The van der Waals surface area contributed by atoms with Crippen molar-refractivity contribution >= 4 is 12.3 Å². The van der Waals surface area contributed by atoms with Gasteiger partial charge in [0, 0.05) is 5.56 Å². The van der Waals surface area contributed by atoms with Crippen molar-refractivity contribution in [3.05, 3.63) is 35.4 Å². The first-order chi connectivity index (χ1) is 8.19. The highest BCUT2D eigenvalue weighted by molar-refractivity contribution is 5.78. The van der Waals surface area contributed by atoms with E-state index < -0.39 is 11.9 Å². The van der Waals surface area contributed by atoms with E-state index in [2.05, 4.69) is 6.92 Å². The lowest BCUT2D eigenvalue weighted by atomic mass is 9.93. The fourth-order valence-electron chi connectivity index (χ4n) is 1.84. The summed E-state index contributed by atoms with van der Waals surface area (Å²) in [6, 6.07) is 6.79. The van der Waals surface area contributed by atoms with Crippen LogP contribution in [0.4, 0.5) is 0 Å². The average molecular weight is 234 g/mol. The highest BCUT2D eigenvalue weighted by Crippen LogP contribution is 2.23. The second kappa shape index (κ2) is 6.84. The normalized spacial score (nSPS) is 12.1. The summed E-state index contributed by atoms with van der Waals surface area (Å²) in [5, 5.41) is 9.18. The number of aliphatic carboxylic acids is 1. The average Bonchev–Trinajstić information content (AvgIpc) is 2.34. The van der Waals surface area contributed by atoms with Crippen LogP contribution >= 0.6 is 0 Å². The molecule has 0 spiro atoms. The van der Waals surface area contributed by atoms with Gasteiger partial charge in [-0.05, 0) is 12.0 Å². The van der Waals surface area contributed by atoms with Gasteiger partial charge < -0.3 is 5.11 Å². The molecule has 1 unspecified atom stereocenters. The molecule has 17 heavy (non-hydrogen) atoms. The Bertz CT molecular complexity index is 368. The summed E-state index contributed by atoms with van der Waals surface area (Å²) in [4.78, 5) is 21.7. The van der Waals surface area contributed by atoms with Crippen molar-refractivity contribution in [3.8, 4) is 0 Å². The first-order valence-electron chi connectivity index (χ1n) is 5.97. The van der Waals surface area contributed by atoms with Crippen LogP contribution in [0.3, 0.4) is 0 Å². The van der Waals surface area contributed by atoms with Gasteiger partial charge in [-0.15, -0.1) is 0 Å². The maximum atomic E-state index is 11.2. The zero-order valence-electron chi connectivity index (χ0n) is 10.1. The third-order valence-electron chi connectivity index (χ3n) is 2.87. The maximum absolute atomic E-state index is 11.2. The van der Waals surface area contributed by atoms with Crippen LogP contribution in [0.1, 0.15) is 54.4 Å². The second-order valence-corrected chi connectivity index (χ2v) is 4.17. The Morgan fingerprint density at radius 2 is 1.94 bits per heavy atom. The Balaban J connectivity index is 2.74. The lowest BCUT2D eigenvalue weighted by molar-refractivity contribution is -0.139. The molecule has 1 rings (SSSR count). The SMILES string of the molecule is CCCCCC(C(=O)O)c1ccc(C=O)cc1. The number of benzene rings is 1. The summed E-state index contributed by atoms with van der Waals surface area (Å²) >= 11 is 0. The number of carbonyl (C=O) groups excluding carboxylic acids is 1. The van der Waals surface area contributed by atoms with E-state index in [4.69, 9.17) is 0 Å². The Kier molecular flexibility index (Phi) is 5.40. The van der Waals surface area contributed by atoms with Gasteiger partial charge >= 0.3 is 5.97 Å². The van der Waals surface area contributed by atoms with Gasteiger partial charge in [-0.3, -0.25) is 9.59 Å². The molecule has 0 aromatic heterocycles. The predicted octanol–water partition coefficient (Wildman–Crippen LogP) is 3.25. The number of rotatable bonds is 7. The Morgan fingerprint density at radius 1 is 1.29 bits per heavy atom. The summed E-state index contributed by atoms with van der Waals surface area (Å²) in [5.74, 6) is -1.25. The minimum Gasteiger partial charge on any atom is -0.481 e. The van der Waals surface area contributed by atoms with Crippen molar-refractivity contribution < 1.29 is 14.7 Å². The van der Waals surface area contributed by atoms with Crippen LogP contribution < -0.4 is 0 Å². The van der Waals surface area contributed by atoms with Gasteiger partial charge in [0.15, 0.2) is 0 Å². The zero-order chi connectivity index (χ0) is 12.7. The van der Waals surface area contributed by atoms with Crippen LogP contribution in [-0.4, -0.2) is 17.4 Å². The molecule has 1 atom stereocenters. The molecule has 0 saturated carbocycles. The van der Waals surface area contributed by atoms with Crippen molar-refractivity contribution in [2.45, 2.75) is 38.5 Å². The number of carbonyl (C=O) groups is 2. The van der Waals surface area contributed by atoms with E-state index in [9.17, 15) is 14.7 Å². The van der Waals surface area contributed by atoms with Gasteiger partial charge in [-0.2, -0.15) is 0 Å². The Labute approximate surface area is 101 Å². The third kappa shape index (κ3) is 4.02. The highest BCUT2D eigenvalue weighted by atomic mass is 16.4. The standard InChI is InChI=1S/C14H18O3/c1-2-3-4-5-13(14(16)17)12-8-6-11(10-15)7-9-12/h6-10,13H,2-5H2,1H3,(H,16,17). The minimum absolute atomic E-state index is 0.456. The lowest BCUT2D eigenvalue weighted by Crippen LogP contribution is -2.11. The fraction of sp³-hybridized carbons (Fsp3) is 0.429. The van der Waals surface area contributed by atoms with Crippen LogP contribution in [0.25, 0.3) is 0 Å². The second-order valence-electron chi connectivity index (χ2n) is 4.17. The summed E-state index contributed by atoms with van der Waals surface area (Å²) < 4.78 is 0. The largest absolute Gasteiger partial charge is 0.481 e. The number of carboxylic acids is 1. The van der Waals surface area contributed by atoms with Crippen LogP contribution in [0, 0.1) is 0 Å². The third-order valence-corrected chi connectivity index (χ3v) is 2.87. The van der Waals surface area contributed by atoms with E-state index >= 15 is 0 Å². The molecule has 0 bridgehead atoms. The molecule has 0 aliphatic heterocycles. The molecule has 0 radical (unpaired) electrons. The van der Waals surface area contributed by atoms with Crippen LogP contribution in [0.15, 0.2) is 24.3 Å². The number of hydrogen-bond donors (Lipinski definition) is 1. The van der Waals surface area contributed by atoms with Gasteiger partial charge in [0.25, 0.3) is 0 Å². The van der Waals surface area contributed by atoms with Crippen molar-refractivity contribution in [2.24, 2.45) is 0 Å². The molecule has 0 amide bonds. The zero-order valence-corrected chi connectivity index (χ0v) is 10.1. The molecule has 1 N–H and O–H groups in total. The smallest absolute Gasteiger partial charge is 0.310 e.